The molecule has 0 aliphatic heterocycles. The summed E-state index contributed by atoms with van der Waals surface area (Å²) in [5.41, 5.74) is 0. The van der Waals surface area contributed by atoms with Gasteiger partial charge in [0, 0.05) is 6.04 Å². The SMILES string of the molecule is [C-]#[N+]CCOP(OCCCC)N(C([CH2+])C)C(C)C. The van der Waals surface area contributed by atoms with Gasteiger partial charge in [0.1, 0.15) is 6.61 Å². The highest BCUT2D eigenvalue weighted by Crippen LogP contribution is 2.45. The van der Waals surface area contributed by atoms with E-state index in [0.717, 1.165) is 12.8 Å². The van der Waals surface area contributed by atoms with E-state index in [9.17, 15) is 0 Å². The third-order valence-electron chi connectivity index (χ3n) is 2.27. The fourth-order valence-electron chi connectivity index (χ4n) is 1.48. The van der Waals surface area contributed by atoms with Crippen LogP contribution in [-0.4, -0.2) is 36.5 Å². The Hall–Kier alpha value is -0.330. The van der Waals surface area contributed by atoms with E-state index in [4.69, 9.17) is 15.6 Å². The first-order valence-corrected chi connectivity index (χ1v) is 7.68. The van der Waals surface area contributed by atoms with Gasteiger partial charge in [-0.25, -0.2) is 6.57 Å². The second-order valence-electron chi connectivity index (χ2n) is 4.46. The summed E-state index contributed by atoms with van der Waals surface area (Å²) in [4.78, 5) is 3.30. The zero-order valence-corrected chi connectivity index (χ0v) is 12.9. The Kier molecular flexibility index (Phi) is 10.4. The van der Waals surface area contributed by atoms with Gasteiger partial charge in [-0.2, -0.15) is 4.67 Å². The van der Waals surface area contributed by atoms with Crippen LogP contribution in [0.1, 0.15) is 40.5 Å². The van der Waals surface area contributed by atoms with Crippen molar-refractivity contribution >= 4 is 8.53 Å². The molecule has 2 unspecified atom stereocenters. The Morgan fingerprint density at radius 1 is 1.28 bits per heavy atom. The van der Waals surface area contributed by atoms with E-state index in [1.165, 1.54) is 0 Å². The average Bonchev–Trinajstić information content (AvgIpc) is 2.28. The van der Waals surface area contributed by atoms with Crippen molar-refractivity contribution in [2.75, 3.05) is 19.8 Å². The molecule has 18 heavy (non-hydrogen) atoms. The van der Waals surface area contributed by atoms with Gasteiger partial charge in [-0.1, -0.05) is 13.3 Å². The Labute approximate surface area is 113 Å². The van der Waals surface area contributed by atoms with Gasteiger partial charge >= 0.3 is 0 Å². The maximum atomic E-state index is 6.78. The highest BCUT2D eigenvalue weighted by atomic mass is 31.2. The summed E-state index contributed by atoms with van der Waals surface area (Å²) in [5, 5.41) is 0. The summed E-state index contributed by atoms with van der Waals surface area (Å²) in [6.07, 6.45) is 2.13. The summed E-state index contributed by atoms with van der Waals surface area (Å²) < 4.78 is 13.7. The lowest BCUT2D eigenvalue weighted by molar-refractivity contribution is 0.183. The van der Waals surface area contributed by atoms with Crippen LogP contribution in [0.5, 0.6) is 0 Å². The molecule has 0 aliphatic rings. The molecule has 0 spiro atoms. The number of rotatable bonds is 10. The van der Waals surface area contributed by atoms with Crippen LogP contribution in [0.15, 0.2) is 0 Å². The van der Waals surface area contributed by atoms with Crippen LogP contribution in [-0.2, 0) is 9.05 Å². The van der Waals surface area contributed by atoms with Gasteiger partial charge in [0.15, 0.2) is 6.04 Å². The van der Waals surface area contributed by atoms with Crippen molar-refractivity contribution in [1.29, 1.82) is 0 Å². The van der Waals surface area contributed by atoms with Crippen LogP contribution in [0.4, 0.5) is 0 Å². The van der Waals surface area contributed by atoms with Crippen molar-refractivity contribution in [1.82, 2.24) is 4.67 Å². The fourth-order valence-corrected chi connectivity index (χ4v) is 3.04. The standard InChI is InChI=1S/C13H26N2O2P/c1-7-8-10-16-18(17-11-9-14-6)15(12(2)3)13(4)5/h12-13H,2,7-11H2,1,3-5H3/q+1. The van der Waals surface area contributed by atoms with Crippen LogP contribution in [0.2, 0.25) is 0 Å². The Balaban J connectivity index is 4.44. The van der Waals surface area contributed by atoms with Gasteiger partial charge in [-0.15, -0.1) is 0 Å². The molecule has 0 amide bonds. The molecule has 0 rings (SSSR count). The first kappa shape index (κ1) is 17.7. The summed E-state index contributed by atoms with van der Waals surface area (Å²) in [6.45, 7) is 20.7. The Morgan fingerprint density at radius 3 is 2.33 bits per heavy atom. The van der Waals surface area contributed by atoms with Gasteiger partial charge in [0.2, 0.25) is 6.54 Å². The van der Waals surface area contributed by atoms with Crippen LogP contribution in [0, 0.1) is 13.5 Å². The molecule has 0 fully saturated rings. The van der Waals surface area contributed by atoms with Gasteiger partial charge in [-0.05, 0) is 27.2 Å². The van der Waals surface area contributed by atoms with Crippen molar-refractivity contribution < 1.29 is 9.05 Å². The van der Waals surface area contributed by atoms with E-state index in [2.05, 4.69) is 37.2 Å². The molecule has 0 aliphatic carbocycles. The second kappa shape index (κ2) is 10.6. The van der Waals surface area contributed by atoms with Crippen molar-refractivity contribution in [2.24, 2.45) is 0 Å². The molecule has 0 N–H and O–H groups in total. The summed E-state index contributed by atoms with van der Waals surface area (Å²) in [5.74, 6) is 0. The van der Waals surface area contributed by atoms with Crippen LogP contribution in [0.3, 0.4) is 0 Å². The topological polar surface area (TPSA) is 26.1 Å². The van der Waals surface area contributed by atoms with Gasteiger partial charge in [0.25, 0.3) is 8.53 Å². The maximum Gasteiger partial charge on any atom is 0.263 e. The quantitative estimate of drug-likeness (QED) is 0.343. The van der Waals surface area contributed by atoms with E-state index in [1.54, 1.807) is 0 Å². The molecule has 0 saturated heterocycles. The predicted octanol–water partition coefficient (Wildman–Crippen LogP) is 3.90. The molecule has 2 atom stereocenters. The van der Waals surface area contributed by atoms with Gasteiger partial charge < -0.3 is 13.9 Å². The van der Waals surface area contributed by atoms with Gasteiger partial charge in [-0.3, -0.25) is 0 Å². The molecule has 0 radical (unpaired) electrons. The van der Waals surface area contributed by atoms with Gasteiger partial charge in [0.05, 0.1) is 13.5 Å². The molecule has 0 bridgehead atoms. The third-order valence-corrected chi connectivity index (χ3v) is 4.31. The number of nitrogens with zero attached hydrogens (tertiary/aromatic N) is 2. The van der Waals surface area contributed by atoms with Crippen molar-refractivity contribution in [3.05, 3.63) is 18.3 Å². The minimum Gasteiger partial charge on any atom is -0.322 e. The van der Waals surface area contributed by atoms with Crippen LogP contribution >= 0.6 is 8.53 Å². The maximum absolute atomic E-state index is 6.78. The molecule has 4 nitrogen and oxygen atoms in total. The van der Waals surface area contributed by atoms with E-state index in [1.807, 2.05) is 6.92 Å². The largest absolute Gasteiger partial charge is 0.322 e. The number of unbranched alkanes of at least 4 members (excludes halogenated alkanes) is 1. The highest BCUT2D eigenvalue weighted by Gasteiger charge is 2.30. The molecule has 104 valence electrons. The predicted molar refractivity (Wildman–Crippen MR) is 77.0 cm³/mol. The van der Waals surface area contributed by atoms with Crippen molar-refractivity contribution in [3.8, 4) is 0 Å². The Morgan fingerprint density at radius 2 is 1.89 bits per heavy atom. The zero-order valence-electron chi connectivity index (χ0n) is 12.1. The molecule has 0 aromatic rings. The highest BCUT2D eigenvalue weighted by molar-refractivity contribution is 7.44. The average molecular weight is 273 g/mol. The van der Waals surface area contributed by atoms with Crippen LogP contribution < -0.4 is 0 Å². The lowest BCUT2D eigenvalue weighted by Gasteiger charge is -2.32. The monoisotopic (exact) mass is 273 g/mol. The second-order valence-corrected chi connectivity index (χ2v) is 5.92. The van der Waals surface area contributed by atoms with Crippen molar-refractivity contribution in [3.63, 3.8) is 0 Å². The first-order chi connectivity index (χ1) is 8.54. The zero-order chi connectivity index (χ0) is 14.0. The summed E-state index contributed by atoms with van der Waals surface area (Å²) in [6, 6.07) is 0.448. The van der Waals surface area contributed by atoms with E-state index in [-0.39, 0.29) is 6.04 Å². The third kappa shape index (κ3) is 7.18. The summed E-state index contributed by atoms with van der Waals surface area (Å²) >= 11 is 0. The molecular formula is C13H26N2O2P+. The minimum atomic E-state index is -1.10. The molecular weight excluding hydrogens is 247 g/mol. The minimum absolute atomic E-state index is 0.130. The van der Waals surface area contributed by atoms with E-state index in [0.29, 0.717) is 25.8 Å². The van der Waals surface area contributed by atoms with E-state index >= 15 is 0 Å². The molecule has 0 aromatic heterocycles. The molecule has 0 saturated carbocycles. The molecule has 0 heterocycles. The smallest absolute Gasteiger partial charge is 0.263 e. The first-order valence-electron chi connectivity index (χ1n) is 6.55. The van der Waals surface area contributed by atoms with E-state index < -0.39 is 8.53 Å². The molecule has 0 aromatic carbocycles. The number of hydrogen-bond acceptors (Lipinski definition) is 3. The molecule has 5 heteroatoms. The van der Waals surface area contributed by atoms with Crippen LogP contribution in [0.25, 0.3) is 4.85 Å². The lowest BCUT2D eigenvalue weighted by Crippen LogP contribution is -2.34. The normalized spacial score (nSPS) is 14.7. The number of hydrogen-bond donors (Lipinski definition) is 0. The fraction of sp³-hybridized carbons (Fsp3) is 0.846. The Bertz CT molecular complexity index is 234. The summed E-state index contributed by atoms with van der Waals surface area (Å²) in [7, 11) is -1.10. The lowest BCUT2D eigenvalue weighted by atomic mass is 10.3. The van der Waals surface area contributed by atoms with Crippen molar-refractivity contribution in [2.45, 2.75) is 52.6 Å².